The third kappa shape index (κ3) is 3.12. The molecular formula is C20H18N2O3. The number of carbonyl (C=O) groups excluding carboxylic acids is 2. The first-order valence-corrected chi connectivity index (χ1v) is 7.97. The Labute approximate surface area is 146 Å². The lowest BCUT2D eigenvalue weighted by Crippen LogP contribution is -2.53. The highest BCUT2D eigenvalue weighted by Gasteiger charge is 2.52. The zero-order valence-electron chi connectivity index (χ0n) is 13.6. The van der Waals surface area contributed by atoms with Crippen molar-refractivity contribution in [3.05, 3.63) is 66.2 Å². The van der Waals surface area contributed by atoms with Crippen molar-refractivity contribution >= 4 is 17.5 Å². The highest BCUT2D eigenvalue weighted by atomic mass is 16.3. The average molecular weight is 334 g/mol. The van der Waals surface area contributed by atoms with Gasteiger partial charge in [0.2, 0.25) is 5.60 Å². The van der Waals surface area contributed by atoms with Gasteiger partial charge >= 0.3 is 0 Å². The van der Waals surface area contributed by atoms with Crippen LogP contribution < -0.4 is 10.2 Å². The number of nitrogens with one attached hydrogen (secondary N) is 1. The van der Waals surface area contributed by atoms with Gasteiger partial charge in [-0.3, -0.25) is 9.59 Å². The Morgan fingerprint density at radius 2 is 1.76 bits per heavy atom. The van der Waals surface area contributed by atoms with E-state index in [-0.39, 0.29) is 13.0 Å². The van der Waals surface area contributed by atoms with Crippen molar-refractivity contribution in [3.8, 4) is 12.3 Å². The molecule has 2 amide bonds. The maximum absolute atomic E-state index is 12.6. The molecule has 3 rings (SSSR count). The smallest absolute Gasteiger partial charge is 0.268 e. The van der Waals surface area contributed by atoms with Crippen LogP contribution in [-0.2, 0) is 9.59 Å². The minimum Gasteiger partial charge on any atom is -0.372 e. The van der Waals surface area contributed by atoms with Gasteiger partial charge in [-0.05, 0) is 17.7 Å². The van der Waals surface area contributed by atoms with Crippen LogP contribution >= 0.6 is 0 Å². The van der Waals surface area contributed by atoms with Gasteiger partial charge in [0.05, 0.1) is 0 Å². The van der Waals surface area contributed by atoms with Crippen molar-refractivity contribution in [1.82, 2.24) is 5.32 Å². The van der Waals surface area contributed by atoms with Crippen molar-refractivity contribution in [2.75, 3.05) is 11.4 Å². The van der Waals surface area contributed by atoms with E-state index in [1.165, 1.54) is 4.90 Å². The van der Waals surface area contributed by atoms with Gasteiger partial charge in [0.1, 0.15) is 6.04 Å². The molecule has 25 heavy (non-hydrogen) atoms. The molecule has 126 valence electrons. The van der Waals surface area contributed by atoms with Gasteiger partial charge in [-0.2, -0.15) is 0 Å². The number of terminal acetylenes is 1. The van der Waals surface area contributed by atoms with Crippen LogP contribution in [0.4, 0.5) is 5.69 Å². The van der Waals surface area contributed by atoms with Crippen molar-refractivity contribution in [1.29, 1.82) is 0 Å². The Morgan fingerprint density at radius 1 is 1.16 bits per heavy atom. The lowest BCUT2D eigenvalue weighted by Gasteiger charge is -2.23. The largest absolute Gasteiger partial charge is 0.372 e. The zero-order chi connectivity index (χ0) is 17.9. The molecule has 2 atom stereocenters. The number of hydrogen-bond donors (Lipinski definition) is 2. The normalized spacial score (nSPS) is 20.8. The van der Waals surface area contributed by atoms with Crippen LogP contribution in [0.5, 0.6) is 0 Å². The average Bonchev–Trinajstić information content (AvgIpc) is 2.97. The minimum atomic E-state index is -2.11. The van der Waals surface area contributed by atoms with Gasteiger partial charge in [-0.15, -0.1) is 6.42 Å². The van der Waals surface area contributed by atoms with Crippen molar-refractivity contribution in [3.63, 3.8) is 0 Å². The molecule has 1 aliphatic heterocycles. The third-order valence-electron chi connectivity index (χ3n) is 4.31. The number of nitrogens with zero attached hydrogens (tertiary/aromatic N) is 1. The van der Waals surface area contributed by atoms with Crippen LogP contribution in [0.25, 0.3) is 0 Å². The molecule has 1 heterocycles. The summed E-state index contributed by atoms with van der Waals surface area (Å²) >= 11 is 0. The summed E-state index contributed by atoms with van der Waals surface area (Å²) in [6.07, 6.45) is 5.52. The fraction of sp³-hybridized carbons (Fsp3) is 0.200. The van der Waals surface area contributed by atoms with E-state index in [4.69, 9.17) is 6.42 Å². The van der Waals surface area contributed by atoms with Gasteiger partial charge in [0, 0.05) is 18.7 Å². The first-order valence-electron chi connectivity index (χ1n) is 7.97. The van der Waals surface area contributed by atoms with Gasteiger partial charge in [-0.1, -0.05) is 54.5 Å². The molecule has 1 aliphatic rings. The van der Waals surface area contributed by atoms with Crippen molar-refractivity contribution < 1.29 is 14.7 Å². The summed E-state index contributed by atoms with van der Waals surface area (Å²) in [4.78, 5) is 26.6. The summed E-state index contributed by atoms with van der Waals surface area (Å²) in [5.74, 6) is 1.07. The molecule has 0 radical (unpaired) electrons. The monoisotopic (exact) mass is 334 g/mol. The van der Waals surface area contributed by atoms with E-state index in [1.807, 2.05) is 12.1 Å². The number of para-hydroxylation sites is 1. The molecule has 5 heteroatoms. The maximum atomic E-state index is 12.6. The van der Waals surface area contributed by atoms with E-state index >= 15 is 0 Å². The summed E-state index contributed by atoms with van der Waals surface area (Å²) in [6, 6.07) is 17.2. The predicted molar refractivity (Wildman–Crippen MR) is 94.5 cm³/mol. The second-order valence-corrected chi connectivity index (χ2v) is 5.89. The minimum absolute atomic E-state index is 0.0125. The first-order chi connectivity index (χ1) is 12.1. The lowest BCUT2D eigenvalue weighted by molar-refractivity contribution is -0.149. The molecule has 0 bridgehead atoms. The molecular weight excluding hydrogens is 316 g/mol. The van der Waals surface area contributed by atoms with Crippen molar-refractivity contribution in [2.24, 2.45) is 0 Å². The van der Waals surface area contributed by atoms with E-state index in [0.717, 1.165) is 0 Å². The molecule has 0 aromatic heterocycles. The van der Waals surface area contributed by atoms with E-state index in [2.05, 4.69) is 11.2 Å². The standard InChI is InChI=1S/C20H18N2O3/c1-2-17(15-9-5-3-6-10-15)21-18(23)20(25)13-14-22(19(20)24)16-11-7-4-8-12-16/h1,3-12,17,25H,13-14H2,(H,21,23)/t17?,20-/m0/s1. The first kappa shape index (κ1) is 16.7. The number of rotatable bonds is 4. The zero-order valence-corrected chi connectivity index (χ0v) is 13.6. The summed E-state index contributed by atoms with van der Waals surface area (Å²) in [5, 5.41) is 13.3. The highest BCUT2D eigenvalue weighted by molar-refractivity contribution is 6.16. The number of aliphatic hydroxyl groups is 1. The van der Waals surface area contributed by atoms with Crippen LogP contribution in [0.15, 0.2) is 60.7 Å². The topological polar surface area (TPSA) is 69.6 Å². The Bertz CT molecular complexity index is 814. The Kier molecular flexibility index (Phi) is 4.55. The molecule has 1 fully saturated rings. The number of amides is 2. The molecule has 2 aromatic rings. The number of hydrogen-bond acceptors (Lipinski definition) is 3. The molecule has 1 saturated heterocycles. The van der Waals surface area contributed by atoms with Gasteiger partial charge in [0.15, 0.2) is 0 Å². The third-order valence-corrected chi connectivity index (χ3v) is 4.31. The fourth-order valence-electron chi connectivity index (χ4n) is 2.89. The molecule has 2 N–H and O–H groups in total. The summed E-state index contributed by atoms with van der Waals surface area (Å²) in [6.45, 7) is 0.263. The number of carbonyl (C=O) groups is 2. The van der Waals surface area contributed by atoms with Crippen LogP contribution in [0.2, 0.25) is 0 Å². The number of benzene rings is 2. The summed E-state index contributed by atoms with van der Waals surface area (Å²) < 4.78 is 0. The molecule has 5 nitrogen and oxygen atoms in total. The summed E-state index contributed by atoms with van der Waals surface area (Å²) in [7, 11) is 0. The maximum Gasteiger partial charge on any atom is 0.268 e. The molecule has 2 aromatic carbocycles. The Morgan fingerprint density at radius 3 is 2.36 bits per heavy atom. The van der Waals surface area contributed by atoms with E-state index in [0.29, 0.717) is 11.3 Å². The Balaban J connectivity index is 1.78. The van der Waals surface area contributed by atoms with E-state index in [9.17, 15) is 14.7 Å². The van der Waals surface area contributed by atoms with Crippen LogP contribution in [-0.4, -0.2) is 29.1 Å². The quantitative estimate of drug-likeness (QED) is 0.660. The van der Waals surface area contributed by atoms with E-state index < -0.39 is 23.5 Å². The molecule has 1 unspecified atom stereocenters. The second kappa shape index (κ2) is 6.80. The molecule has 0 spiro atoms. The van der Waals surface area contributed by atoms with Gasteiger partial charge in [-0.25, -0.2) is 0 Å². The second-order valence-electron chi connectivity index (χ2n) is 5.89. The summed E-state index contributed by atoms with van der Waals surface area (Å²) in [5.41, 5.74) is -0.750. The fourth-order valence-corrected chi connectivity index (χ4v) is 2.89. The predicted octanol–water partition coefficient (Wildman–Crippen LogP) is 1.65. The lowest BCUT2D eigenvalue weighted by atomic mass is 9.99. The number of anilines is 1. The SMILES string of the molecule is C#CC(NC(=O)[C@@]1(O)CCN(c2ccccc2)C1=O)c1ccccc1. The molecule has 0 aliphatic carbocycles. The van der Waals surface area contributed by atoms with Crippen molar-refractivity contribution in [2.45, 2.75) is 18.1 Å². The van der Waals surface area contributed by atoms with Crippen LogP contribution in [0, 0.1) is 12.3 Å². The van der Waals surface area contributed by atoms with Gasteiger partial charge < -0.3 is 15.3 Å². The van der Waals surface area contributed by atoms with E-state index in [1.54, 1.807) is 48.5 Å². The van der Waals surface area contributed by atoms with Crippen LogP contribution in [0.1, 0.15) is 18.0 Å². The van der Waals surface area contributed by atoms with Gasteiger partial charge in [0.25, 0.3) is 11.8 Å². The Hall–Kier alpha value is -3.10. The van der Waals surface area contributed by atoms with Crippen LogP contribution in [0.3, 0.4) is 0 Å². The highest BCUT2D eigenvalue weighted by Crippen LogP contribution is 2.29. The molecule has 0 saturated carbocycles.